The molecule has 0 atom stereocenters. The SMILES string of the molecule is CCCN(CCC)S(=O)(=O)c1ccc(C(=O)N=c2sc3cc(C(=O)OCC)ccc3n2CC(=O)OCC)cc1. The number of carbonyl (C=O) groups excluding carboxylic acids is 3. The van der Waals surface area contributed by atoms with Crippen molar-refractivity contribution in [3.8, 4) is 0 Å². The Hall–Kier alpha value is -3.35. The smallest absolute Gasteiger partial charge is 0.338 e. The van der Waals surface area contributed by atoms with Gasteiger partial charge in [-0.3, -0.25) is 9.59 Å². The maximum absolute atomic E-state index is 13.1. The van der Waals surface area contributed by atoms with Crippen LogP contribution in [0.3, 0.4) is 0 Å². The highest BCUT2D eigenvalue weighted by Crippen LogP contribution is 2.21. The van der Waals surface area contributed by atoms with E-state index < -0.39 is 27.9 Å². The third kappa shape index (κ3) is 7.20. The molecule has 39 heavy (non-hydrogen) atoms. The van der Waals surface area contributed by atoms with E-state index in [1.165, 1.54) is 28.6 Å². The van der Waals surface area contributed by atoms with Gasteiger partial charge in [0.2, 0.25) is 10.0 Å². The summed E-state index contributed by atoms with van der Waals surface area (Å²) in [4.78, 5) is 42.2. The van der Waals surface area contributed by atoms with Crippen LogP contribution >= 0.6 is 11.3 Å². The molecule has 0 aliphatic carbocycles. The van der Waals surface area contributed by atoms with Gasteiger partial charge in [0.25, 0.3) is 5.91 Å². The lowest BCUT2D eigenvalue weighted by Crippen LogP contribution is -2.32. The topological polar surface area (TPSA) is 124 Å². The van der Waals surface area contributed by atoms with Crippen molar-refractivity contribution < 1.29 is 32.3 Å². The van der Waals surface area contributed by atoms with Gasteiger partial charge in [-0.15, -0.1) is 0 Å². The van der Waals surface area contributed by atoms with E-state index in [0.717, 1.165) is 11.3 Å². The average molecular weight is 576 g/mol. The first-order valence-electron chi connectivity index (χ1n) is 12.8. The molecule has 0 saturated carbocycles. The van der Waals surface area contributed by atoms with E-state index in [9.17, 15) is 22.8 Å². The highest BCUT2D eigenvalue weighted by atomic mass is 32.2. The van der Waals surface area contributed by atoms with Crippen LogP contribution in [-0.2, 0) is 30.8 Å². The number of thiazole rings is 1. The third-order valence-electron chi connectivity index (χ3n) is 5.67. The molecule has 0 spiro atoms. The Morgan fingerprint density at radius 2 is 1.51 bits per heavy atom. The number of ether oxygens (including phenoxy) is 2. The van der Waals surface area contributed by atoms with Crippen molar-refractivity contribution in [1.29, 1.82) is 0 Å². The maximum Gasteiger partial charge on any atom is 0.338 e. The fourth-order valence-electron chi connectivity index (χ4n) is 3.91. The molecule has 0 saturated heterocycles. The summed E-state index contributed by atoms with van der Waals surface area (Å²) >= 11 is 1.14. The number of aromatic nitrogens is 1. The molecule has 2 aromatic carbocycles. The van der Waals surface area contributed by atoms with Gasteiger partial charge in [0, 0.05) is 18.7 Å². The summed E-state index contributed by atoms with van der Waals surface area (Å²) in [7, 11) is -3.68. The molecule has 0 unspecified atom stereocenters. The van der Waals surface area contributed by atoms with E-state index in [2.05, 4.69) is 4.99 Å². The lowest BCUT2D eigenvalue weighted by Gasteiger charge is -2.21. The zero-order chi connectivity index (χ0) is 28.6. The van der Waals surface area contributed by atoms with Gasteiger partial charge >= 0.3 is 11.9 Å². The number of nitrogens with zero attached hydrogens (tertiary/aromatic N) is 3. The van der Waals surface area contributed by atoms with Gasteiger partial charge in [-0.25, -0.2) is 13.2 Å². The Bertz CT molecular complexity index is 1500. The second-order valence-corrected chi connectivity index (χ2v) is 11.5. The number of hydrogen-bond donors (Lipinski definition) is 0. The van der Waals surface area contributed by atoms with Crippen LogP contribution in [-0.4, -0.2) is 61.4 Å². The Kier molecular flexibility index (Phi) is 10.6. The first-order valence-corrected chi connectivity index (χ1v) is 15.1. The van der Waals surface area contributed by atoms with Gasteiger partial charge in [-0.1, -0.05) is 25.2 Å². The van der Waals surface area contributed by atoms with Crippen LogP contribution < -0.4 is 4.80 Å². The van der Waals surface area contributed by atoms with Gasteiger partial charge in [-0.05, 0) is 69.2 Å². The Balaban J connectivity index is 2.01. The van der Waals surface area contributed by atoms with Crippen LogP contribution in [0.4, 0.5) is 0 Å². The summed E-state index contributed by atoms with van der Waals surface area (Å²) in [6.45, 7) is 8.32. The first kappa shape index (κ1) is 30.2. The molecule has 0 bridgehead atoms. The van der Waals surface area contributed by atoms with Crippen molar-refractivity contribution in [2.45, 2.75) is 52.0 Å². The normalized spacial score (nSPS) is 12.2. The molecular weight excluding hydrogens is 542 g/mol. The maximum atomic E-state index is 13.1. The molecule has 1 heterocycles. The molecule has 1 aromatic heterocycles. The highest BCUT2D eigenvalue weighted by Gasteiger charge is 2.23. The van der Waals surface area contributed by atoms with E-state index in [1.807, 2.05) is 13.8 Å². The van der Waals surface area contributed by atoms with Crippen molar-refractivity contribution in [2.24, 2.45) is 4.99 Å². The number of sulfonamides is 1. The Labute approximate surface area is 231 Å². The Morgan fingerprint density at radius 3 is 2.10 bits per heavy atom. The standard InChI is InChI=1S/C27H33N3O7S2/c1-5-15-29(16-6-2)39(34,35)21-12-9-19(10-13-21)25(32)28-27-30(18-24(31)36-7-3)22-14-11-20(17-23(22)38-27)26(33)37-8-4/h9-14,17H,5-8,15-16,18H2,1-4H3. The van der Waals surface area contributed by atoms with E-state index in [-0.39, 0.29) is 35.0 Å². The second-order valence-electron chi connectivity index (χ2n) is 8.52. The third-order valence-corrected chi connectivity index (χ3v) is 8.62. The zero-order valence-corrected chi connectivity index (χ0v) is 24.1. The molecule has 0 fully saturated rings. The molecule has 0 aliphatic heterocycles. The van der Waals surface area contributed by atoms with Crippen LogP contribution in [0.25, 0.3) is 10.2 Å². The van der Waals surface area contributed by atoms with Gasteiger partial charge in [0.1, 0.15) is 6.54 Å². The zero-order valence-electron chi connectivity index (χ0n) is 22.5. The minimum Gasteiger partial charge on any atom is -0.465 e. The number of hydrogen-bond acceptors (Lipinski definition) is 8. The summed E-state index contributed by atoms with van der Waals surface area (Å²) in [5.41, 5.74) is 1.13. The van der Waals surface area contributed by atoms with Crippen molar-refractivity contribution >= 4 is 49.4 Å². The fraction of sp³-hybridized carbons (Fsp3) is 0.407. The summed E-state index contributed by atoms with van der Waals surface area (Å²) in [6, 6.07) is 10.5. The number of carbonyl (C=O) groups is 3. The van der Waals surface area contributed by atoms with Crippen molar-refractivity contribution in [2.75, 3.05) is 26.3 Å². The first-order chi connectivity index (χ1) is 18.7. The minimum absolute atomic E-state index is 0.103. The molecule has 12 heteroatoms. The molecule has 0 N–H and O–H groups in total. The van der Waals surface area contributed by atoms with E-state index >= 15 is 0 Å². The van der Waals surface area contributed by atoms with E-state index in [4.69, 9.17) is 9.47 Å². The molecular formula is C27H33N3O7S2. The molecule has 3 aromatic rings. The molecule has 0 radical (unpaired) electrons. The number of fused-ring (bicyclic) bond motifs is 1. The summed E-state index contributed by atoms with van der Waals surface area (Å²) in [6.07, 6.45) is 1.38. The predicted octanol–water partition coefficient (Wildman–Crippen LogP) is 3.99. The van der Waals surface area contributed by atoms with Crippen molar-refractivity contribution in [1.82, 2.24) is 8.87 Å². The average Bonchev–Trinajstić information content (AvgIpc) is 3.24. The van der Waals surface area contributed by atoms with Crippen LogP contribution in [0.2, 0.25) is 0 Å². The number of rotatable bonds is 12. The van der Waals surface area contributed by atoms with Crippen LogP contribution in [0, 0.1) is 0 Å². The minimum atomic E-state index is -3.68. The highest BCUT2D eigenvalue weighted by molar-refractivity contribution is 7.89. The van der Waals surface area contributed by atoms with E-state index in [1.54, 1.807) is 36.6 Å². The number of benzene rings is 2. The Morgan fingerprint density at radius 1 is 0.897 bits per heavy atom. The second kappa shape index (κ2) is 13.6. The molecule has 210 valence electrons. The fourth-order valence-corrected chi connectivity index (χ4v) is 6.60. The largest absolute Gasteiger partial charge is 0.465 e. The number of esters is 2. The van der Waals surface area contributed by atoms with Gasteiger partial charge < -0.3 is 14.0 Å². The summed E-state index contributed by atoms with van der Waals surface area (Å²) < 4.78 is 39.9. The van der Waals surface area contributed by atoms with Crippen LogP contribution in [0.5, 0.6) is 0 Å². The quantitative estimate of drug-likeness (QED) is 0.299. The van der Waals surface area contributed by atoms with Crippen molar-refractivity contribution in [3.05, 3.63) is 58.4 Å². The van der Waals surface area contributed by atoms with Crippen molar-refractivity contribution in [3.63, 3.8) is 0 Å². The van der Waals surface area contributed by atoms with Gasteiger partial charge in [0.15, 0.2) is 4.80 Å². The monoisotopic (exact) mass is 575 g/mol. The van der Waals surface area contributed by atoms with Gasteiger partial charge in [0.05, 0.1) is 33.9 Å². The predicted molar refractivity (Wildman–Crippen MR) is 148 cm³/mol. The molecule has 10 nitrogen and oxygen atoms in total. The number of amides is 1. The summed E-state index contributed by atoms with van der Waals surface area (Å²) in [5.74, 6) is -1.59. The van der Waals surface area contributed by atoms with Crippen LogP contribution in [0.15, 0.2) is 52.4 Å². The lowest BCUT2D eigenvalue weighted by atomic mass is 10.2. The van der Waals surface area contributed by atoms with Gasteiger partial charge in [-0.2, -0.15) is 9.30 Å². The lowest BCUT2D eigenvalue weighted by molar-refractivity contribution is -0.143. The molecule has 1 amide bonds. The summed E-state index contributed by atoms with van der Waals surface area (Å²) in [5, 5.41) is 0. The van der Waals surface area contributed by atoms with Crippen LogP contribution in [0.1, 0.15) is 61.3 Å². The molecule has 0 aliphatic rings. The molecule has 3 rings (SSSR count). The van der Waals surface area contributed by atoms with E-state index in [0.29, 0.717) is 41.7 Å².